The van der Waals surface area contributed by atoms with Gasteiger partial charge in [-0.2, -0.15) is 10.4 Å². The number of hydrogen-bond donors (Lipinski definition) is 1. The van der Waals surface area contributed by atoms with Gasteiger partial charge in [0, 0.05) is 11.6 Å². The zero-order valence-corrected chi connectivity index (χ0v) is 14.8. The van der Waals surface area contributed by atoms with Gasteiger partial charge < -0.3 is 4.74 Å². The number of amides is 1. The van der Waals surface area contributed by atoms with Crippen LogP contribution in [0.4, 0.5) is 0 Å². The van der Waals surface area contributed by atoms with Crippen LogP contribution in [0.1, 0.15) is 18.4 Å². The summed E-state index contributed by atoms with van der Waals surface area (Å²) in [5, 5.41) is 13.1. The van der Waals surface area contributed by atoms with E-state index < -0.39 is 0 Å². The molecular formula is C22H19N3O2. The summed E-state index contributed by atoms with van der Waals surface area (Å²) in [5.41, 5.74) is 6.34. The molecule has 2 aliphatic carbocycles. The lowest BCUT2D eigenvalue weighted by Crippen LogP contribution is -2.36. The Hall–Kier alpha value is -3.39. The minimum atomic E-state index is -0.256. The van der Waals surface area contributed by atoms with Crippen LogP contribution in [0, 0.1) is 23.2 Å². The van der Waals surface area contributed by atoms with Crippen LogP contribution in [0.15, 0.2) is 65.8 Å². The van der Waals surface area contributed by atoms with Crippen molar-refractivity contribution in [1.29, 1.82) is 5.26 Å². The van der Waals surface area contributed by atoms with Gasteiger partial charge >= 0.3 is 0 Å². The van der Waals surface area contributed by atoms with Crippen LogP contribution in [-0.2, 0) is 4.79 Å². The third kappa shape index (κ3) is 3.75. The Morgan fingerprint density at radius 1 is 1.15 bits per heavy atom. The first kappa shape index (κ1) is 17.0. The van der Waals surface area contributed by atoms with Crippen LogP contribution < -0.4 is 10.2 Å². The predicted octanol–water partition coefficient (Wildman–Crippen LogP) is 3.67. The normalized spacial score (nSPS) is 21.2. The number of ether oxygens (including phenoxy) is 1. The number of benzene rings is 2. The van der Waals surface area contributed by atoms with Crippen molar-refractivity contribution >= 4 is 11.6 Å². The zero-order valence-electron chi connectivity index (χ0n) is 14.8. The lowest BCUT2D eigenvalue weighted by atomic mass is 9.74. The molecular weight excluding hydrogens is 338 g/mol. The summed E-state index contributed by atoms with van der Waals surface area (Å²) in [5.74, 6) is 1.47. The van der Waals surface area contributed by atoms with Crippen LogP contribution in [0.2, 0.25) is 0 Å². The van der Waals surface area contributed by atoms with Crippen LogP contribution in [0.25, 0.3) is 11.1 Å². The molecule has 1 fully saturated rings. The van der Waals surface area contributed by atoms with Gasteiger partial charge in [-0.15, -0.1) is 0 Å². The number of nitriles is 1. The second kappa shape index (κ2) is 7.46. The largest absolute Gasteiger partial charge is 0.484 e. The number of hydrogen-bond acceptors (Lipinski definition) is 4. The first-order valence-corrected chi connectivity index (χ1v) is 8.98. The number of hydrazone groups is 1. The number of nitrogens with one attached hydrogen (secondary N) is 1. The Bertz CT molecular complexity index is 937. The van der Waals surface area contributed by atoms with E-state index in [1.807, 2.05) is 36.4 Å². The maximum absolute atomic E-state index is 11.9. The summed E-state index contributed by atoms with van der Waals surface area (Å²) in [6.45, 7) is -0.0701. The predicted molar refractivity (Wildman–Crippen MR) is 103 cm³/mol. The van der Waals surface area contributed by atoms with Crippen LogP contribution in [0.3, 0.4) is 0 Å². The summed E-state index contributed by atoms with van der Waals surface area (Å²) < 4.78 is 5.53. The standard InChI is InChI=1S/C22H19N3O2/c23-13-15-4-6-16(7-5-15)17-8-10-19(11-9-17)27-14-22(26)25-24-21-12-18-2-1-3-20(18)21/h1-2,4-11,18,20H,3,12,14H2,(H,25,26)/b24-21+/t18-,20+/m1/s1. The first-order valence-electron chi connectivity index (χ1n) is 8.98. The molecule has 0 spiro atoms. The van der Waals surface area contributed by atoms with Gasteiger partial charge in [0.15, 0.2) is 6.61 Å². The Kier molecular flexibility index (Phi) is 4.71. The molecule has 1 N–H and O–H groups in total. The SMILES string of the molecule is N#Cc1ccc(-c2ccc(OCC(=O)N/N=C3\C[C@H]4C=CC[C@H]34)cc2)cc1. The number of fused-ring (bicyclic) bond motifs is 1. The third-order valence-electron chi connectivity index (χ3n) is 5.06. The Morgan fingerprint density at radius 3 is 2.52 bits per heavy atom. The number of rotatable bonds is 5. The van der Waals surface area contributed by atoms with Crippen molar-refractivity contribution in [3.8, 4) is 22.9 Å². The van der Waals surface area contributed by atoms with Crippen molar-refractivity contribution in [2.75, 3.05) is 6.61 Å². The quantitative estimate of drug-likeness (QED) is 0.655. The molecule has 0 aromatic heterocycles. The number of allylic oxidation sites excluding steroid dienone is 2. The topological polar surface area (TPSA) is 74.5 Å². The lowest BCUT2D eigenvalue weighted by molar-refractivity contribution is -0.123. The fraction of sp³-hybridized carbons (Fsp3) is 0.227. The van der Waals surface area contributed by atoms with Gasteiger partial charge in [0.25, 0.3) is 5.91 Å². The van der Waals surface area contributed by atoms with Crippen molar-refractivity contribution < 1.29 is 9.53 Å². The van der Waals surface area contributed by atoms with E-state index in [0.717, 1.165) is 29.7 Å². The van der Waals surface area contributed by atoms with Crippen LogP contribution in [-0.4, -0.2) is 18.2 Å². The smallest absolute Gasteiger partial charge is 0.277 e. The molecule has 2 aromatic rings. The number of nitrogens with zero attached hydrogens (tertiary/aromatic N) is 2. The van der Waals surface area contributed by atoms with Crippen molar-refractivity contribution in [2.45, 2.75) is 12.8 Å². The molecule has 2 aliphatic rings. The van der Waals surface area contributed by atoms with Gasteiger partial charge in [0.2, 0.25) is 0 Å². The Morgan fingerprint density at radius 2 is 1.85 bits per heavy atom. The van der Waals surface area contributed by atoms with E-state index in [-0.39, 0.29) is 12.5 Å². The molecule has 0 heterocycles. The van der Waals surface area contributed by atoms with Gasteiger partial charge in [-0.25, -0.2) is 5.43 Å². The van der Waals surface area contributed by atoms with E-state index in [2.05, 4.69) is 28.7 Å². The molecule has 2 aromatic carbocycles. The van der Waals surface area contributed by atoms with Gasteiger partial charge in [-0.1, -0.05) is 36.4 Å². The molecule has 0 radical (unpaired) electrons. The third-order valence-corrected chi connectivity index (χ3v) is 5.06. The molecule has 1 amide bonds. The fourth-order valence-electron chi connectivity index (χ4n) is 3.46. The minimum absolute atomic E-state index is 0.0701. The van der Waals surface area contributed by atoms with Crippen molar-refractivity contribution in [3.63, 3.8) is 0 Å². The summed E-state index contributed by atoms with van der Waals surface area (Å²) in [7, 11) is 0. The van der Waals surface area contributed by atoms with Crippen LogP contribution in [0.5, 0.6) is 5.75 Å². The molecule has 0 unspecified atom stereocenters. The second-order valence-corrected chi connectivity index (χ2v) is 6.78. The molecule has 2 atom stereocenters. The van der Waals surface area contributed by atoms with E-state index in [9.17, 15) is 4.79 Å². The Balaban J connectivity index is 1.27. The maximum Gasteiger partial charge on any atom is 0.277 e. The highest BCUT2D eigenvalue weighted by atomic mass is 16.5. The van der Waals surface area contributed by atoms with Gasteiger partial charge in [0.1, 0.15) is 5.75 Å². The number of carbonyl (C=O) groups is 1. The van der Waals surface area contributed by atoms with Gasteiger partial charge in [-0.05, 0) is 54.2 Å². The van der Waals surface area contributed by atoms with E-state index in [0.29, 0.717) is 23.1 Å². The molecule has 5 nitrogen and oxygen atoms in total. The van der Waals surface area contributed by atoms with E-state index >= 15 is 0 Å². The second-order valence-electron chi connectivity index (χ2n) is 6.78. The van der Waals surface area contributed by atoms with Crippen LogP contribution >= 0.6 is 0 Å². The summed E-state index contributed by atoms with van der Waals surface area (Å²) in [4.78, 5) is 11.9. The minimum Gasteiger partial charge on any atom is -0.484 e. The highest BCUT2D eigenvalue weighted by Crippen LogP contribution is 2.40. The highest BCUT2D eigenvalue weighted by molar-refractivity contribution is 5.94. The van der Waals surface area contributed by atoms with Gasteiger partial charge in [0.05, 0.1) is 11.6 Å². The van der Waals surface area contributed by atoms with E-state index in [4.69, 9.17) is 10.00 Å². The monoisotopic (exact) mass is 357 g/mol. The molecule has 134 valence electrons. The highest BCUT2D eigenvalue weighted by Gasteiger charge is 2.37. The molecule has 0 aliphatic heterocycles. The van der Waals surface area contributed by atoms with Crippen molar-refractivity contribution in [3.05, 3.63) is 66.2 Å². The first-order chi connectivity index (χ1) is 13.2. The molecule has 4 rings (SSSR count). The summed E-state index contributed by atoms with van der Waals surface area (Å²) in [6, 6.07) is 17.0. The summed E-state index contributed by atoms with van der Waals surface area (Å²) >= 11 is 0. The van der Waals surface area contributed by atoms with Gasteiger partial charge in [-0.3, -0.25) is 4.79 Å². The molecule has 27 heavy (non-hydrogen) atoms. The molecule has 1 saturated carbocycles. The van der Waals surface area contributed by atoms with E-state index in [1.54, 1.807) is 12.1 Å². The fourth-order valence-corrected chi connectivity index (χ4v) is 3.46. The van der Waals surface area contributed by atoms with Crippen molar-refractivity contribution in [2.24, 2.45) is 16.9 Å². The average Bonchev–Trinajstić information content (AvgIpc) is 3.08. The maximum atomic E-state index is 11.9. The number of carbonyl (C=O) groups excluding carboxylic acids is 1. The van der Waals surface area contributed by atoms with E-state index in [1.165, 1.54) is 0 Å². The molecule has 0 saturated heterocycles. The van der Waals surface area contributed by atoms with Crippen molar-refractivity contribution in [1.82, 2.24) is 5.43 Å². The molecule has 5 heteroatoms. The Labute approximate surface area is 158 Å². The summed E-state index contributed by atoms with van der Waals surface area (Å²) in [6.07, 6.45) is 6.39. The average molecular weight is 357 g/mol. The zero-order chi connectivity index (χ0) is 18.6. The lowest BCUT2D eigenvalue weighted by Gasteiger charge is -2.31. The molecule has 0 bridgehead atoms.